The van der Waals surface area contributed by atoms with Gasteiger partial charge in [0.2, 0.25) is 0 Å². The molecule has 0 radical (unpaired) electrons. The Morgan fingerprint density at radius 3 is 2.06 bits per heavy atom. The number of rotatable bonds is 15. The topological polar surface area (TPSA) is 27.7 Å². The summed E-state index contributed by atoms with van der Waals surface area (Å²) < 4.78 is 18.3. The van der Waals surface area contributed by atoms with Crippen LogP contribution in [0.3, 0.4) is 0 Å². The van der Waals surface area contributed by atoms with Crippen molar-refractivity contribution >= 4 is 9.28 Å². The maximum absolute atomic E-state index is 6.22. The highest BCUT2D eigenvalue weighted by atomic mass is 28.3. The molecule has 0 saturated heterocycles. The van der Waals surface area contributed by atoms with E-state index in [1.54, 1.807) is 0 Å². The Labute approximate surface area is 194 Å². The molecule has 0 spiro atoms. The standard InChI is InChI=1S/C27H48O3Si/c1-6-7-8-9-11-24-12-14-25(15-13-24)26-16-18-27(19-17-26)28-20-10-21-31(29-22(2)3)30-23(4)5/h12-15,22-23,26-27,31H,6-11,16-21H2,1-5H3. The number of aryl methyl sites for hydroxylation is 1. The number of hydrogen-bond donors (Lipinski definition) is 0. The predicted molar refractivity (Wildman–Crippen MR) is 134 cm³/mol. The van der Waals surface area contributed by atoms with E-state index in [-0.39, 0.29) is 12.2 Å². The Morgan fingerprint density at radius 2 is 1.48 bits per heavy atom. The molecule has 1 fully saturated rings. The van der Waals surface area contributed by atoms with Gasteiger partial charge in [-0.05, 0) is 95.7 Å². The third-order valence-corrected chi connectivity index (χ3v) is 8.81. The van der Waals surface area contributed by atoms with Crippen LogP contribution < -0.4 is 0 Å². The van der Waals surface area contributed by atoms with Crippen molar-refractivity contribution in [3.63, 3.8) is 0 Å². The van der Waals surface area contributed by atoms with Gasteiger partial charge in [-0.3, -0.25) is 0 Å². The summed E-state index contributed by atoms with van der Waals surface area (Å²) in [6.07, 6.45) is 13.5. The van der Waals surface area contributed by atoms with Gasteiger partial charge in [-0.2, -0.15) is 0 Å². The summed E-state index contributed by atoms with van der Waals surface area (Å²) in [6.45, 7) is 11.5. The van der Waals surface area contributed by atoms with E-state index in [9.17, 15) is 0 Å². The SMILES string of the molecule is CCCCCCc1ccc(C2CCC(OCCC[SiH](OC(C)C)OC(C)C)CC2)cc1. The van der Waals surface area contributed by atoms with Gasteiger partial charge in [-0.15, -0.1) is 0 Å². The molecule has 1 aromatic carbocycles. The zero-order chi connectivity index (χ0) is 22.5. The minimum atomic E-state index is -1.57. The van der Waals surface area contributed by atoms with E-state index in [4.69, 9.17) is 13.6 Å². The first-order valence-corrected chi connectivity index (χ1v) is 14.7. The number of hydrogen-bond acceptors (Lipinski definition) is 3. The lowest BCUT2D eigenvalue weighted by molar-refractivity contribution is 0.0237. The molecule has 0 unspecified atom stereocenters. The molecule has 2 rings (SSSR count). The van der Waals surface area contributed by atoms with E-state index in [2.05, 4.69) is 58.9 Å². The van der Waals surface area contributed by atoms with Crippen LogP contribution in [0.5, 0.6) is 0 Å². The molecule has 3 nitrogen and oxygen atoms in total. The van der Waals surface area contributed by atoms with Crippen molar-refractivity contribution < 1.29 is 13.6 Å². The van der Waals surface area contributed by atoms with Gasteiger partial charge in [-0.25, -0.2) is 0 Å². The fraction of sp³-hybridized carbons (Fsp3) is 0.778. The fourth-order valence-corrected chi connectivity index (χ4v) is 6.60. The molecular weight excluding hydrogens is 400 g/mol. The molecule has 178 valence electrons. The average Bonchev–Trinajstić information content (AvgIpc) is 2.74. The van der Waals surface area contributed by atoms with Gasteiger partial charge < -0.3 is 13.6 Å². The predicted octanol–water partition coefficient (Wildman–Crippen LogP) is 7.31. The van der Waals surface area contributed by atoms with Crippen molar-refractivity contribution in [2.75, 3.05) is 6.61 Å². The van der Waals surface area contributed by atoms with Crippen molar-refractivity contribution in [2.45, 2.75) is 129 Å². The van der Waals surface area contributed by atoms with Gasteiger partial charge in [0.15, 0.2) is 0 Å². The van der Waals surface area contributed by atoms with E-state index >= 15 is 0 Å². The lowest BCUT2D eigenvalue weighted by Gasteiger charge is -2.29. The smallest absolute Gasteiger partial charge is 0.321 e. The molecule has 0 bridgehead atoms. The minimum Gasteiger partial charge on any atom is -0.394 e. The second-order valence-corrected chi connectivity index (χ2v) is 11.8. The van der Waals surface area contributed by atoms with Gasteiger partial charge in [0, 0.05) is 18.8 Å². The van der Waals surface area contributed by atoms with Crippen LogP contribution in [0.25, 0.3) is 0 Å². The Hall–Kier alpha value is -0.683. The molecule has 0 N–H and O–H groups in total. The van der Waals surface area contributed by atoms with Gasteiger partial charge >= 0.3 is 9.28 Å². The largest absolute Gasteiger partial charge is 0.394 e. The lowest BCUT2D eigenvalue weighted by atomic mass is 9.82. The molecule has 0 aromatic heterocycles. The Morgan fingerprint density at radius 1 is 0.839 bits per heavy atom. The highest BCUT2D eigenvalue weighted by Gasteiger charge is 2.23. The third-order valence-electron chi connectivity index (χ3n) is 6.23. The van der Waals surface area contributed by atoms with E-state index in [0.29, 0.717) is 12.0 Å². The molecule has 1 saturated carbocycles. The molecule has 1 aromatic rings. The quantitative estimate of drug-likeness (QED) is 0.208. The first kappa shape index (κ1) is 26.6. The highest BCUT2D eigenvalue weighted by Crippen LogP contribution is 2.34. The molecule has 1 aliphatic carbocycles. The number of unbranched alkanes of at least 4 members (excludes halogenated alkanes) is 3. The van der Waals surface area contributed by atoms with E-state index < -0.39 is 9.28 Å². The zero-order valence-electron chi connectivity index (χ0n) is 20.9. The molecule has 0 amide bonds. The summed E-state index contributed by atoms with van der Waals surface area (Å²) in [5.41, 5.74) is 3.03. The molecule has 1 aliphatic rings. The van der Waals surface area contributed by atoms with E-state index in [0.717, 1.165) is 19.1 Å². The Kier molecular flexibility index (Phi) is 13.0. The van der Waals surface area contributed by atoms with E-state index in [1.165, 1.54) is 68.9 Å². The summed E-state index contributed by atoms with van der Waals surface area (Å²) >= 11 is 0. The summed E-state index contributed by atoms with van der Waals surface area (Å²) in [5, 5.41) is 0. The van der Waals surface area contributed by atoms with Gasteiger partial charge in [0.1, 0.15) is 0 Å². The zero-order valence-corrected chi connectivity index (χ0v) is 22.1. The summed E-state index contributed by atoms with van der Waals surface area (Å²) in [6, 6.07) is 10.5. The average molecular weight is 449 g/mol. The summed E-state index contributed by atoms with van der Waals surface area (Å²) in [4.78, 5) is 0. The van der Waals surface area contributed by atoms with Crippen LogP contribution in [0.15, 0.2) is 24.3 Å². The van der Waals surface area contributed by atoms with Crippen LogP contribution in [0, 0.1) is 0 Å². The molecule has 0 aliphatic heterocycles. The van der Waals surface area contributed by atoms with Crippen LogP contribution in [0.2, 0.25) is 6.04 Å². The second kappa shape index (κ2) is 15.2. The minimum absolute atomic E-state index is 0.252. The van der Waals surface area contributed by atoms with Gasteiger partial charge in [0.25, 0.3) is 0 Å². The molecule has 4 heteroatoms. The van der Waals surface area contributed by atoms with Gasteiger partial charge in [0.05, 0.1) is 6.10 Å². The van der Waals surface area contributed by atoms with Crippen LogP contribution in [0.4, 0.5) is 0 Å². The molecule has 0 atom stereocenters. The summed E-state index contributed by atoms with van der Waals surface area (Å²) in [5.74, 6) is 0.713. The van der Waals surface area contributed by atoms with Crippen molar-refractivity contribution in [1.29, 1.82) is 0 Å². The van der Waals surface area contributed by atoms with Crippen molar-refractivity contribution in [2.24, 2.45) is 0 Å². The molecular formula is C27H48O3Si. The van der Waals surface area contributed by atoms with Crippen molar-refractivity contribution in [3.8, 4) is 0 Å². The molecule has 0 heterocycles. The Bertz CT molecular complexity index is 554. The lowest BCUT2D eigenvalue weighted by Crippen LogP contribution is -2.30. The maximum atomic E-state index is 6.22. The van der Waals surface area contributed by atoms with Crippen LogP contribution >= 0.6 is 0 Å². The fourth-order valence-electron chi connectivity index (χ4n) is 4.55. The van der Waals surface area contributed by atoms with Gasteiger partial charge in [-0.1, -0.05) is 50.5 Å². The first-order chi connectivity index (χ1) is 15.0. The summed E-state index contributed by atoms with van der Waals surface area (Å²) in [7, 11) is -1.57. The normalized spacial score (nSPS) is 19.6. The van der Waals surface area contributed by atoms with Crippen LogP contribution in [0.1, 0.15) is 109 Å². The van der Waals surface area contributed by atoms with E-state index in [1.807, 2.05) is 0 Å². The van der Waals surface area contributed by atoms with Crippen molar-refractivity contribution in [3.05, 3.63) is 35.4 Å². The number of benzene rings is 1. The Balaban J connectivity index is 1.63. The maximum Gasteiger partial charge on any atom is 0.321 e. The highest BCUT2D eigenvalue weighted by molar-refractivity contribution is 6.44. The van der Waals surface area contributed by atoms with Crippen LogP contribution in [-0.2, 0) is 20.0 Å². The molecule has 31 heavy (non-hydrogen) atoms. The monoisotopic (exact) mass is 448 g/mol. The first-order valence-electron chi connectivity index (χ1n) is 13.0. The van der Waals surface area contributed by atoms with Crippen molar-refractivity contribution in [1.82, 2.24) is 0 Å². The second-order valence-electron chi connectivity index (χ2n) is 9.84. The van der Waals surface area contributed by atoms with Crippen LogP contribution in [-0.4, -0.2) is 34.2 Å². The number of ether oxygens (including phenoxy) is 1. The third kappa shape index (κ3) is 11.1.